The van der Waals surface area contributed by atoms with Gasteiger partial charge in [0, 0.05) is 0 Å². The lowest BCUT2D eigenvalue weighted by molar-refractivity contribution is -0.435. The van der Waals surface area contributed by atoms with Gasteiger partial charge in [0.25, 0.3) is 0 Å². The Hall–Kier alpha value is -1.44. The zero-order valence-electron chi connectivity index (χ0n) is 10.6. The molecule has 1 N–H and O–H groups in total. The van der Waals surface area contributed by atoms with E-state index in [-0.39, 0.29) is 5.25 Å². The largest absolute Gasteiger partial charge is 0.460 e. The van der Waals surface area contributed by atoms with E-state index in [1.165, 1.54) is 0 Å². The van der Waals surface area contributed by atoms with E-state index >= 15 is 0 Å². The van der Waals surface area contributed by atoms with Crippen LogP contribution in [0.15, 0.2) is 0 Å². The van der Waals surface area contributed by atoms with Crippen LogP contribution in [0, 0.1) is 11.2 Å². The van der Waals surface area contributed by atoms with Gasteiger partial charge in [-0.1, -0.05) is 0 Å². The summed E-state index contributed by atoms with van der Waals surface area (Å²) in [5.41, 5.74) is 0. The third-order valence-corrected chi connectivity index (χ3v) is 2.63. The van der Waals surface area contributed by atoms with Crippen LogP contribution in [0.1, 0.15) is 0 Å². The molecular formula is C8HF13O3S. The van der Waals surface area contributed by atoms with Crippen molar-refractivity contribution in [2.45, 2.75) is 35.8 Å². The second-order valence-corrected chi connectivity index (χ2v) is 5.23. The van der Waals surface area contributed by atoms with E-state index in [9.17, 15) is 65.5 Å². The highest BCUT2D eigenvalue weighted by atomic mass is 32.2. The molecule has 0 atom stereocenters. The van der Waals surface area contributed by atoms with Crippen LogP contribution in [0.2, 0.25) is 0 Å². The number of hydrogen-bond acceptors (Lipinski definition) is 2. The van der Waals surface area contributed by atoms with E-state index in [4.69, 9.17) is 4.55 Å². The third-order valence-electron chi connectivity index (χ3n) is 2.27. The fourth-order valence-electron chi connectivity index (χ4n) is 0.977. The van der Waals surface area contributed by atoms with E-state index < -0.39 is 51.8 Å². The van der Waals surface area contributed by atoms with Crippen LogP contribution in [0.25, 0.3) is 0 Å². The second-order valence-electron chi connectivity index (χ2n) is 4.07. The number of halogens is 13. The summed E-state index contributed by atoms with van der Waals surface area (Å²) in [6, 6.07) is 0. The average Bonchev–Trinajstić information content (AvgIpc) is 2.33. The molecule has 3 nitrogen and oxygen atoms in total. The Balaban J connectivity index is 6.43. The molecule has 0 spiro atoms. The standard InChI is InChI=1S/C8HF13O3S/c9-3(10,1-2-25(22,23)24)4(11,12)5(13,14)6(15,16)7(17,18)8(19,20)21/h(H,22,23,24). The first-order chi connectivity index (χ1) is 10.5. The molecule has 0 amide bonds. The molecule has 0 aromatic rings. The van der Waals surface area contributed by atoms with E-state index in [0.717, 1.165) is 0 Å². The Kier molecular flexibility index (Phi) is 5.46. The molecule has 0 fully saturated rings. The Labute approximate surface area is 128 Å². The van der Waals surface area contributed by atoms with Crippen LogP contribution in [0.4, 0.5) is 57.1 Å². The normalized spacial score (nSPS) is 15.6. The van der Waals surface area contributed by atoms with Crippen molar-refractivity contribution < 1.29 is 70.0 Å². The van der Waals surface area contributed by atoms with Gasteiger partial charge in [-0.15, -0.1) is 0 Å². The predicted octanol–water partition coefficient (Wildman–Crippen LogP) is 3.57. The summed E-state index contributed by atoms with van der Waals surface area (Å²) >= 11 is 0. The van der Waals surface area contributed by atoms with Gasteiger partial charge in [0.2, 0.25) is 0 Å². The summed E-state index contributed by atoms with van der Waals surface area (Å²) in [5, 5.41) is -0.179. The van der Waals surface area contributed by atoms with Crippen molar-refractivity contribution in [3.05, 3.63) is 0 Å². The lowest BCUT2D eigenvalue weighted by atomic mass is 9.94. The Morgan fingerprint density at radius 3 is 1.20 bits per heavy atom. The Morgan fingerprint density at radius 1 is 0.600 bits per heavy atom. The van der Waals surface area contributed by atoms with Crippen molar-refractivity contribution in [1.29, 1.82) is 0 Å². The summed E-state index contributed by atoms with van der Waals surface area (Å²) in [6.07, 6.45) is -7.55. The minimum atomic E-state index is -8.11. The average molecular weight is 424 g/mol. The van der Waals surface area contributed by atoms with Gasteiger partial charge < -0.3 is 0 Å². The molecule has 25 heavy (non-hydrogen) atoms. The summed E-state index contributed by atoms with van der Waals surface area (Å²) in [4.78, 5) is 0. The van der Waals surface area contributed by atoms with Gasteiger partial charge in [-0.3, -0.25) is 4.55 Å². The van der Waals surface area contributed by atoms with Crippen molar-refractivity contribution in [3.63, 3.8) is 0 Å². The lowest BCUT2D eigenvalue weighted by Crippen LogP contribution is -2.69. The van der Waals surface area contributed by atoms with Crippen molar-refractivity contribution in [3.8, 4) is 11.2 Å². The molecule has 0 bridgehead atoms. The lowest BCUT2D eigenvalue weighted by Gasteiger charge is -2.38. The molecule has 0 aromatic heterocycles. The third kappa shape index (κ3) is 3.73. The highest BCUT2D eigenvalue weighted by Crippen LogP contribution is 2.60. The smallest absolute Gasteiger partial charge is 0.276 e. The molecule has 0 saturated carbocycles. The maximum absolute atomic E-state index is 12.9. The van der Waals surface area contributed by atoms with E-state index in [0.29, 0.717) is 0 Å². The predicted molar refractivity (Wildman–Crippen MR) is 50.1 cm³/mol. The van der Waals surface area contributed by atoms with Crippen molar-refractivity contribution in [1.82, 2.24) is 0 Å². The topological polar surface area (TPSA) is 54.4 Å². The molecule has 0 aliphatic carbocycles. The Morgan fingerprint density at radius 2 is 0.920 bits per heavy atom. The molecule has 0 aliphatic rings. The minimum Gasteiger partial charge on any atom is -0.276 e. The molecule has 0 heterocycles. The molecule has 0 rings (SSSR count). The molecule has 0 unspecified atom stereocenters. The monoisotopic (exact) mass is 424 g/mol. The molecule has 17 heteroatoms. The highest BCUT2D eigenvalue weighted by molar-refractivity contribution is 7.90. The molecule has 0 radical (unpaired) electrons. The first-order valence-corrected chi connectivity index (χ1v) is 6.37. The van der Waals surface area contributed by atoms with Gasteiger partial charge in [-0.05, 0) is 5.92 Å². The molecule has 0 saturated heterocycles. The molecule has 0 aromatic carbocycles. The zero-order chi connectivity index (χ0) is 20.9. The minimum absolute atomic E-state index is 0.179. The van der Waals surface area contributed by atoms with Crippen LogP contribution in [0.5, 0.6) is 0 Å². The van der Waals surface area contributed by atoms with Crippen LogP contribution in [-0.4, -0.2) is 48.8 Å². The maximum atomic E-state index is 12.9. The van der Waals surface area contributed by atoms with E-state index in [2.05, 4.69) is 0 Å². The second kappa shape index (κ2) is 5.79. The first-order valence-electron chi connectivity index (χ1n) is 4.93. The van der Waals surface area contributed by atoms with Crippen molar-refractivity contribution >= 4 is 10.1 Å². The maximum Gasteiger partial charge on any atom is 0.460 e. The molecular weight excluding hydrogens is 423 g/mol. The van der Waals surface area contributed by atoms with Gasteiger partial charge in [0.05, 0.1) is 5.25 Å². The summed E-state index contributed by atoms with van der Waals surface area (Å²) in [5.74, 6) is -39.3. The quantitative estimate of drug-likeness (QED) is 0.427. The Bertz CT molecular complexity index is 678. The van der Waals surface area contributed by atoms with E-state index in [1.807, 2.05) is 0 Å². The van der Waals surface area contributed by atoms with Gasteiger partial charge in [0.1, 0.15) is 0 Å². The van der Waals surface area contributed by atoms with Crippen LogP contribution in [-0.2, 0) is 10.1 Å². The summed E-state index contributed by atoms with van der Waals surface area (Å²) in [6.45, 7) is 0. The van der Waals surface area contributed by atoms with Crippen molar-refractivity contribution in [2.24, 2.45) is 0 Å². The van der Waals surface area contributed by atoms with Crippen LogP contribution in [0.3, 0.4) is 0 Å². The number of hydrogen-bond donors (Lipinski definition) is 1. The van der Waals surface area contributed by atoms with Gasteiger partial charge in [-0.2, -0.15) is 65.5 Å². The molecule has 148 valence electrons. The molecule has 0 aliphatic heterocycles. The number of rotatable bonds is 4. The van der Waals surface area contributed by atoms with Gasteiger partial charge in [0.15, 0.2) is 0 Å². The van der Waals surface area contributed by atoms with Crippen LogP contribution < -0.4 is 0 Å². The number of alkyl halides is 13. The van der Waals surface area contributed by atoms with Crippen molar-refractivity contribution in [2.75, 3.05) is 0 Å². The fourth-order valence-corrected chi connectivity index (χ4v) is 1.23. The summed E-state index contributed by atoms with van der Waals surface area (Å²) in [7, 11) is -5.89. The SMILES string of the molecule is O=S(=O)(O)C#CC(F)(F)C(F)(F)C(F)(F)C(F)(F)C(F)(F)C(F)(F)F. The fraction of sp³-hybridized carbons (Fsp3) is 0.750. The van der Waals surface area contributed by atoms with E-state index in [1.54, 1.807) is 0 Å². The van der Waals surface area contributed by atoms with Gasteiger partial charge >= 0.3 is 45.9 Å². The zero-order valence-corrected chi connectivity index (χ0v) is 11.4. The summed E-state index contributed by atoms with van der Waals surface area (Å²) < 4.78 is 190. The van der Waals surface area contributed by atoms with Gasteiger partial charge in [-0.25, -0.2) is 0 Å². The first kappa shape index (κ1) is 23.6. The van der Waals surface area contributed by atoms with Crippen LogP contribution >= 0.6 is 0 Å². The highest BCUT2D eigenvalue weighted by Gasteiger charge is 2.90.